The highest BCUT2D eigenvalue weighted by atomic mass is 14.6. The van der Waals surface area contributed by atoms with E-state index in [-0.39, 0.29) is 6.04 Å². The standard InChI is InChI=1S/C26H25N/c1-17-6-5-9-24-22(17)14-12-18-10-11-20-16-21(13-15-23(20)25(18)24)26(27)19-7-3-2-4-8-19/h3,5,7-17,26H,2,4,6,27H2,1H3. The molecule has 2 unspecified atom stereocenters. The Bertz CT molecular complexity index is 1130. The number of fused-ring (bicyclic) bond motifs is 5. The van der Waals surface area contributed by atoms with Gasteiger partial charge in [0.1, 0.15) is 0 Å². The van der Waals surface area contributed by atoms with Gasteiger partial charge in [0.15, 0.2) is 0 Å². The van der Waals surface area contributed by atoms with Gasteiger partial charge in [0.25, 0.3) is 0 Å². The Morgan fingerprint density at radius 1 is 0.926 bits per heavy atom. The predicted octanol–water partition coefficient (Wildman–Crippen LogP) is 6.79. The van der Waals surface area contributed by atoms with Crippen LogP contribution < -0.4 is 5.73 Å². The highest BCUT2D eigenvalue weighted by Gasteiger charge is 2.17. The van der Waals surface area contributed by atoms with Crippen molar-refractivity contribution in [1.29, 1.82) is 0 Å². The summed E-state index contributed by atoms with van der Waals surface area (Å²) < 4.78 is 0. The Labute approximate surface area is 160 Å². The Morgan fingerprint density at radius 3 is 2.63 bits per heavy atom. The minimum Gasteiger partial charge on any atom is -0.320 e. The smallest absolute Gasteiger partial charge is 0.0548 e. The van der Waals surface area contributed by atoms with Crippen molar-refractivity contribution in [2.45, 2.75) is 38.1 Å². The van der Waals surface area contributed by atoms with E-state index < -0.39 is 0 Å². The largest absolute Gasteiger partial charge is 0.320 e. The van der Waals surface area contributed by atoms with Gasteiger partial charge in [-0.15, -0.1) is 0 Å². The molecule has 0 spiro atoms. The number of hydrogen-bond acceptors (Lipinski definition) is 1. The molecular formula is C26H25N. The summed E-state index contributed by atoms with van der Waals surface area (Å²) in [6.07, 6.45) is 14.7. The number of rotatable bonds is 2. The predicted molar refractivity (Wildman–Crippen MR) is 117 cm³/mol. The number of hydrogen-bond donors (Lipinski definition) is 1. The van der Waals surface area contributed by atoms with E-state index >= 15 is 0 Å². The summed E-state index contributed by atoms with van der Waals surface area (Å²) in [5, 5.41) is 5.29. The van der Waals surface area contributed by atoms with Gasteiger partial charge in [-0.1, -0.05) is 73.7 Å². The molecule has 2 aliphatic rings. The Morgan fingerprint density at radius 2 is 1.78 bits per heavy atom. The van der Waals surface area contributed by atoms with Crippen LogP contribution in [0.2, 0.25) is 0 Å². The van der Waals surface area contributed by atoms with E-state index in [1.807, 2.05) is 0 Å². The summed E-state index contributed by atoms with van der Waals surface area (Å²) >= 11 is 0. The van der Waals surface area contributed by atoms with E-state index in [0.717, 1.165) is 19.3 Å². The first-order chi connectivity index (χ1) is 13.2. The number of benzene rings is 3. The minimum absolute atomic E-state index is 0.0498. The molecular weight excluding hydrogens is 326 g/mol. The van der Waals surface area contributed by atoms with Crippen molar-refractivity contribution in [3.8, 4) is 0 Å². The van der Waals surface area contributed by atoms with Crippen LogP contribution in [0.1, 0.15) is 54.8 Å². The zero-order chi connectivity index (χ0) is 18.4. The lowest BCUT2D eigenvalue weighted by molar-refractivity contribution is 0.774. The maximum Gasteiger partial charge on any atom is 0.0548 e. The van der Waals surface area contributed by atoms with Gasteiger partial charge >= 0.3 is 0 Å². The molecule has 1 heteroatoms. The topological polar surface area (TPSA) is 26.0 Å². The van der Waals surface area contributed by atoms with Gasteiger partial charge in [0.2, 0.25) is 0 Å². The summed E-state index contributed by atoms with van der Waals surface area (Å²) in [4.78, 5) is 0. The first-order valence-electron chi connectivity index (χ1n) is 10.0. The number of allylic oxidation sites excluding steroid dienone is 3. The monoisotopic (exact) mass is 351 g/mol. The summed E-state index contributed by atoms with van der Waals surface area (Å²) in [7, 11) is 0. The van der Waals surface area contributed by atoms with E-state index in [9.17, 15) is 0 Å². The second kappa shape index (κ2) is 6.51. The molecule has 0 radical (unpaired) electrons. The van der Waals surface area contributed by atoms with Gasteiger partial charge < -0.3 is 5.73 Å². The Kier molecular flexibility index (Phi) is 3.98. The lowest BCUT2D eigenvalue weighted by Gasteiger charge is -2.21. The Hall–Kier alpha value is -2.64. The summed E-state index contributed by atoms with van der Waals surface area (Å²) in [5.41, 5.74) is 11.9. The normalized spacial score (nSPS) is 19.9. The highest BCUT2D eigenvalue weighted by molar-refractivity contribution is 6.12. The molecule has 0 heterocycles. The molecule has 0 bridgehead atoms. The van der Waals surface area contributed by atoms with Crippen LogP contribution in [0.4, 0.5) is 0 Å². The van der Waals surface area contributed by atoms with Gasteiger partial charge in [-0.2, -0.15) is 0 Å². The first-order valence-corrected chi connectivity index (χ1v) is 10.0. The van der Waals surface area contributed by atoms with Crippen LogP contribution in [-0.4, -0.2) is 0 Å². The molecule has 2 atom stereocenters. The van der Waals surface area contributed by atoms with Gasteiger partial charge in [-0.05, 0) is 75.1 Å². The average molecular weight is 351 g/mol. The van der Waals surface area contributed by atoms with Crippen LogP contribution in [0, 0.1) is 0 Å². The van der Waals surface area contributed by atoms with Crippen molar-refractivity contribution in [2.24, 2.45) is 5.73 Å². The molecule has 0 amide bonds. The van der Waals surface area contributed by atoms with Crippen LogP contribution in [-0.2, 0) is 0 Å². The van der Waals surface area contributed by atoms with Crippen LogP contribution in [0.5, 0.6) is 0 Å². The third-order valence-electron chi connectivity index (χ3n) is 6.15. The summed E-state index contributed by atoms with van der Waals surface area (Å²) in [6, 6.07) is 15.8. The van der Waals surface area contributed by atoms with Gasteiger partial charge in [0.05, 0.1) is 6.04 Å². The maximum absolute atomic E-state index is 6.57. The maximum atomic E-state index is 6.57. The molecule has 0 fully saturated rings. The molecule has 0 aromatic heterocycles. The van der Waals surface area contributed by atoms with Crippen molar-refractivity contribution in [3.63, 3.8) is 0 Å². The Balaban J connectivity index is 1.69. The summed E-state index contributed by atoms with van der Waals surface area (Å²) in [5.74, 6) is 0.586. The third-order valence-corrected chi connectivity index (χ3v) is 6.15. The van der Waals surface area contributed by atoms with Crippen molar-refractivity contribution in [1.82, 2.24) is 0 Å². The third kappa shape index (κ3) is 2.74. The van der Waals surface area contributed by atoms with Crippen molar-refractivity contribution in [2.75, 3.05) is 0 Å². The second-order valence-corrected chi connectivity index (χ2v) is 7.91. The summed E-state index contributed by atoms with van der Waals surface area (Å²) in [6.45, 7) is 2.32. The molecule has 27 heavy (non-hydrogen) atoms. The molecule has 3 aromatic rings. The van der Waals surface area contributed by atoms with E-state index in [1.165, 1.54) is 43.8 Å². The van der Waals surface area contributed by atoms with E-state index in [2.05, 4.69) is 79.8 Å². The van der Waals surface area contributed by atoms with E-state index in [1.54, 1.807) is 0 Å². The zero-order valence-electron chi connectivity index (χ0n) is 15.8. The molecule has 0 saturated carbocycles. The molecule has 134 valence electrons. The van der Waals surface area contributed by atoms with Crippen LogP contribution >= 0.6 is 0 Å². The van der Waals surface area contributed by atoms with Gasteiger partial charge in [-0.3, -0.25) is 0 Å². The zero-order valence-corrected chi connectivity index (χ0v) is 15.8. The fraction of sp³-hybridized carbons (Fsp3) is 0.231. The lowest BCUT2D eigenvalue weighted by Crippen LogP contribution is -2.13. The molecule has 3 aromatic carbocycles. The first kappa shape index (κ1) is 16.5. The van der Waals surface area contributed by atoms with Crippen molar-refractivity contribution in [3.05, 3.63) is 89.0 Å². The molecule has 2 aliphatic carbocycles. The average Bonchev–Trinajstić information content (AvgIpc) is 2.73. The fourth-order valence-electron chi connectivity index (χ4n) is 4.59. The fourth-order valence-corrected chi connectivity index (χ4v) is 4.59. The molecule has 1 nitrogen and oxygen atoms in total. The van der Waals surface area contributed by atoms with Crippen molar-refractivity contribution >= 4 is 27.6 Å². The molecule has 2 N–H and O–H groups in total. The number of nitrogens with two attached hydrogens (primary N) is 1. The molecule has 0 aliphatic heterocycles. The van der Waals surface area contributed by atoms with Crippen LogP contribution in [0.25, 0.3) is 27.6 Å². The molecule has 0 saturated heterocycles. The quantitative estimate of drug-likeness (QED) is 0.505. The van der Waals surface area contributed by atoms with Gasteiger partial charge in [0, 0.05) is 0 Å². The highest BCUT2D eigenvalue weighted by Crippen LogP contribution is 2.38. The van der Waals surface area contributed by atoms with Gasteiger partial charge in [-0.25, -0.2) is 0 Å². The van der Waals surface area contributed by atoms with Crippen LogP contribution in [0.15, 0.2) is 72.3 Å². The SMILES string of the molecule is CC1CC=Cc2c1ccc1ccc3cc(C(N)C4=CCCC=C4)ccc3c21. The lowest BCUT2D eigenvalue weighted by atomic mass is 9.84. The van der Waals surface area contributed by atoms with Crippen LogP contribution in [0.3, 0.4) is 0 Å². The van der Waals surface area contributed by atoms with E-state index in [0.29, 0.717) is 5.92 Å². The second-order valence-electron chi connectivity index (χ2n) is 7.91. The molecule has 5 rings (SSSR count). The van der Waals surface area contributed by atoms with E-state index in [4.69, 9.17) is 5.73 Å². The van der Waals surface area contributed by atoms with Crippen molar-refractivity contribution < 1.29 is 0 Å². The minimum atomic E-state index is -0.0498.